The first-order valence-corrected chi connectivity index (χ1v) is 4.23. The number of nitrogens with zero attached hydrogens (tertiary/aromatic N) is 2. The molecule has 0 aliphatic carbocycles. The molecule has 13 heavy (non-hydrogen) atoms. The van der Waals surface area contributed by atoms with E-state index in [0.29, 0.717) is 11.3 Å². The summed E-state index contributed by atoms with van der Waals surface area (Å²) in [5.74, 6) is 0.336. The Morgan fingerprint density at radius 2 is 2.31 bits per heavy atom. The van der Waals surface area contributed by atoms with Crippen molar-refractivity contribution in [3.8, 4) is 0 Å². The highest BCUT2D eigenvalue weighted by atomic mass is 35.5. The molecule has 0 fully saturated rings. The van der Waals surface area contributed by atoms with Crippen LogP contribution in [0.4, 0.5) is 0 Å². The minimum atomic E-state index is -0.230. The Balaban J connectivity index is 2.80. The SMILES string of the molecule is O=c1[nH]ncc2cc(CCl)ncc12. The van der Waals surface area contributed by atoms with Crippen molar-refractivity contribution in [1.82, 2.24) is 15.2 Å². The molecule has 0 saturated carbocycles. The second kappa shape index (κ2) is 3.14. The van der Waals surface area contributed by atoms with Gasteiger partial charge in [-0.1, -0.05) is 0 Å². The number of fused-ring (bicyclic) bond motifs is 1. The van der Waals surface area contributed by atoms with Crippen LogP contribution in [-0.2, 0) is 5.88 Å². The molecule has 0 atom stereocenters. The number of halogens is 1. The lowest BCUT2D eigenvalue weighted by molar-refractivity contribution is 1.01. The highest BCUT2D eigenvalue weighted by Gasteiger charge is 1.99. The van der Waals surface area contributed by atoms with E-state index in [1.807, 2.05) is 0 Å². The summed E-state index contributed by atoms with van der Waals surface area (Å²) in [5, 5.41) is 7.30. The van der Waals surface area contributed by atoms with Crippen molar-refractivity contribution in [2.75, 3.05) is 0 Å². The van der Waals surface area contributed by atoms with Crippen LogP contribution >= 0.6 is 11.6 Å². The molecule has 1 N–H and O–H groups in total. The smallest absolute Gasteiger partial charge is 0.267 e. The first kappa shape index (κ1) is 8.19. The van der Waals surface area contributed by atoms with Crippen molar-refractivity contribution < 1.29 is 0 Å². The predicted molar refractivity (Wildman–Crippen MR) is 49.7 cm³/mol. The predicted octanol–water partition coefficient (Wildman–Crippen LogP) is 1.06. The van der Waals surface area contributed by atoms with Gasteiger partial charge in [0.25, 0.3) is 5.56 Å². The number of aromatic amines is 1. The maximum absolute atomic E-state index is 11.2. The van der Waals surface area contributed by atoms with E-state index < -0.39 is 0 Å². The van der Waals surface area contributed by atoms with Crippen molar-refractivity contribution in [3.05, 3.63) is 34.5 Å². The average molecular weight is 196 g/mol. The highest BCUT2D eigenvalue weighted by Crippen LogP contribution is 2.09. The van der Waals surface area contributed by atoms with E-state index in [0.717, 1.165) is 11.1 Å². The van der Waals surface area contributed by atoms with Crippen LogP contribution in [0.25, 0.3) is 10.8 Å². The largest absolute Gasteiger partial charge is 0.273 e. The summed E-state index contributed by atoms with van der Waals surface area (Å²) in [6.07, 6.45) is 3.09. The van der Waals surface area contributed by atoms with Gasteiger partial charge >= 0.3 is 0 Å². The van der Waals surface area contributed by atoms with Crippen molar-refractivity contribution in [2.45, 2.75) is 5.88 Å². The van der Waals surface area contributed by atoms with Crippen LogP contribution in [0, 0.1) is 0 Å². The number of rotatable bonds is 1. The molecule has 0 aliphatic rings. The van der Waals surface area contributed by atoms with Gasteiger partial charge in [-0.05, 0) is 6.07 Å². The summed E-state index contributed by atoms with van der Waals surface area (Å²) in [6.45, 7) is 0. The summed E-state index contributed by atoms with van der Waals surface area (Å²) < 4.78 is 0. The monoisotopic (exact) mass is 195 g/mol. The van der Waals surface area contributed by atoms with Gasteiger partial charge in [-0.2, -0.15) is 5.10 Å². The van der Waals surface area contributed by atoms with Gasteiger partial charge in [0.2, 0.25) is 0 Å². The van der Waals surface area contributed by atoms with Gasteiger partial charge in [0.05, 0.1) is 23.2 Å². The zero-order valence-corrected chi connectivity index (χ0v) is 7.38. The van der Waals surface area contributed by atoms with Gasteiger partial charge in [-0.15, -0.1) is 11.6 Å². The Labute approximate surface area is 78.6 Å². The minimum absolute atomic E-state index is 0.230. The van der Waals surface area contributed by atoms with Gasteiger partial charge in [-0.3, -0.25) is 9.78 Å². The van der Waals surface area contributed by atoms with Crippen LogP contribution < -0.4 is 5.56 Å². The second-order valence-corrected chi connectivity index (χ2v) is 2.86. The fourth-order valence-electron chi connectivity index (χ4n) is 1.11. The van der Waals surface area contributed by atoms with E-state index in [1.54, 1.807) is 12.3 Å². The van der Waals surface area contributed by atoms with Crippen LogP contribution in [0.2, 0.25) is 0 Å². The maximum atomic E-state index is 11.2. The van der Waals surface area contributed by atoms with Gasteiger partial charge in [0, 0.05) is 11.6 Å². The number of hydrogen-bond acceptors (Lipinski definition) is 3. The van der Waals surface area contributed by atoms with Gasteiger partial charge in [0.15, 0.2) is 0 Å². The number of aromatic nitrogens is 3. The molecule has 0 radical (unpaired) electrons. The zero-order chi connectivity index (χ0) is 9.26. The van der Waals surface area contributed by atoms with Gasteiger partial charge < -0.3 is 0 Å². The van der Waals surface area contributed by atoms with E-state index in [4.69, 9.17) is 11.6 Å². The lowest BCUT2D eigenvalue weighted by Gasteiger charge is -1.96. The molecule has 2 heterocycles. The van der Waals surface area contributed by atoms with E-state index in [9.17, 15) is 4.79 Å². The topological polar surface area (TPSA) is 58.6 Å². The van der Waals surface area contributed by atoms with E-state index in [-0.39, 0.29) is 5.56 Å². The number of hydrogen-bond donors (Lipinski definition) is 1. The second-order valence-electron chi connectivity index (χ2n) is 2.60. The van der Waals surface area contributed by atoms with Crippen LogP contribution in [0.5, 0.6) is 0 Å². The molecule has 0 saturated heterocycles. The molecule has 5 heteroatoms. The molecular formula is C8H6ClN3O. The number of nitrogens with one attached hydrogen (secondary N) is 1. The normalized spacial score (nSPS) is 10.5. The van der Waals surface area contributed by atoms with Crippen LogP contribution in [0.15, 0.2) is 23.3 Å². The summed E-state index contributed by atoms with van der Waals surface area (Å²) in [4.78, 5) is 15.2. The van der Waals surface area contributed by atoms with E-state index in [1.165, 1.54) is 6.20 Å². The molecule has 0 spiro atoms. The fraction of sp³-hybridized carbons (Fsp3) is 0.125. The maximum Gasteiger partial charge on any atom is 0.273 e. The van der Waals surface area contributed by atoms with Crippen molar-refractivity contribution >= 4 is 22.4 Å². The molecule has 2 aromatic heterocycles. The third kappa shape index (κ3) is 1.40. The fourth-order valence-corrected chi connectivity index (χ4v) is 1.25. The molecule has 2 aromatic rings. The van der Waals surface area contributed by atoms with E-state index >= 15 is 0 Å². The lowest BCUT2D eigenvalue weighted by atomic mass is 10.2. The third-order valence-electron chi connectivity index (χ3n) is 1.74. The number of H-pyrrole nitrogens is 1. The Bertz CT molecular complexity index is 494. The molecule has 66 valence electrons. The van der Waals surface area contributed by atoms with Crippen molar-refractivity contribution in [2.24, 2.45) is 0 Å². The molecule has 0 unspecified atom stereocenters. The lowest BCUT2D eigenvalue weighted by Crippen LogP contribution is -2.07. The highest BCUT2D eigenvalue weighted by molar-refractivity contribution is 6.17. The Morgan fingerprint density at radius 1 is 1.46 bits per heavy atom. The van der Waals surface area contributed by atoms with Crippen LogP contribution in [-0.4, -0.2) is 15.2 Å². The molecule has 0 aliphatic heterocycles. The summed E-state index contributed by atoms with van der Waals surface area (Å²) >= 11 is 5.60. The van der Waals surface area contributed by atoms with Crippen molar-refractivity contribution in [3.63, 3.8) is 0 Å². The quantitative estimate of drug-likeness (QED) is 0.693. The van der Waals surface area contributed by atoms with Gasteiger partial charge in [0.1, 0.15) is 0 Å². The molecule has 2 rings (SSSR count). The molecule has 0 amide bonds. The molecular weight excluding hydrogens is 190 g/mol. The van der Waals surface area contributed by atoms with E-state index in [2.05, 4.69) is 15.2 Å². The van der Waals surface area contributed by atoms with Crippen LogP contribution in [0.3, 0.4) is 0 Å². The standard InChI is InChI=1S/C8H6ClN3O/c9-2-6-1-5-3-11-12-8(13)7(5)4-10-6/h1,3-4H,2H2,(H,12,13). The molecule has 0 bridgehead atoms. The first-order valence-electron chi connectivity index (χ1n) is 3.69. The number of pyridine rings is 1. The van der Waals surface area contributed by atoms with Crippen molar-refractivity contribution in [1.29, 1.82) is 0 Å². The summed E-state index contributed by atoms with van der Waals surface area (Å²) in [6, 6.07) is 1.75. The zero-order valence-electron chi connectivity index (χ0n) is 6.62. The van der Waals surface area contributed by atoms with Crippen LogP contribution in [0.1, 0.15) is 5.69 Å². The summed E-state index contributed by atoms with van der Waals surface area (Å²) in [5.41, 5.74) is 0.507. The third-order valence-corrected chi connectivity index (χ3v) is 2.02. The average Bonchev–Trinajstić information content (AvgIpc) is 2.18. The Morgan fingerprint density at radius 3 is 3.08 bits per heavy atom. The first-order chi connectivity index (χ1) is 6.31. The van der Waals surface area contributed by atoms with Gasteiger partial charge in [-0.25, -0.2) is 5.10 Å². The number of alkyl halides is 1. The summed E-state index contributed by atoms with van der Waals surface area (Å²) in [7, 11) is 0. The molecule has 0 aromatic carbocycles. The molecule has 4 nitrogen and oxygen atoms in total. The minimum Gasteiger partial charge on any atom is -0.267 e. The Hall–Kier alpha value is -1.42. The Kier molecular flexibility index (Phi) is 1.98.